The second kappa shape index (κ2) is 7.59. The van der Waals surface area contributed by atoms with Crippen molar-refractivity contribution in [1.82, 2.24) is 4.90 Å². The van der Waals surface area contributed by atoms with E-state index in [0.29, 0.717) is 0 Å². The number of hydrogen-bond donors (Lipinski definition) is 0. The molecule has 1 aromatic carbocycles. The first-order chi connectivity index (χ1) is 8.58. The highest BCUT2D eigenvalue weighted by Crippen LogP contribution is 2.22. The number of nitrogens with zero attached hydrogens (tertiary/aromatic N) is 2. The molecule has 0 bridgehead atoms. The molecule has 1 aliphatic rings. The maximum absolute atomic E-state index is 13.2. The summed E-state index contributed by atoms with van der Waals surface area (Å²) in [6.07, 6.45) is 1.25. The molecule has 4 heteroatoms. The van der Waals surface area contributed by atoms with Gasteiger partial charge in [0, 0.05) is 31.9 Å². The average Bonchev–Trinajstić information content (AvgIpc) is 2.35. The largest absolute Gasteiger partial charge is 0.369 e. The molecule has 0 radical (unpaired) electrons. The summed E-state index contributed by atoms with van der Waals surface area (Å²) < 4.78 is 13.2. The molecular formula is C14H22ClFN2. The van der Waals surface area contributed by atoms with Gasteiger partial charge in [0.05, 0.1) is 5.02 Å². The van der Waals surface area contributed by atoms with E-state index in [9.17, 15) is 4.39 Å². The summed E-state index contributed by atoms with van der Waals surface area (Å²) in [5, 5.41) is 0.188. The fraction of sp³-hybridized carbons (Fsp3) is 0.571. The molecule has 0 saturated carbocycles. The van der Waals surface area contributed by atoms with Gasteiger partial charge in [-0.1, -0.05) is 31.9 Å². The van der Waals surface area contributed by atoms with Gasteiger partial charge in [-0.2, -0.15) is 0 Å². The molecule has 0 unspecified atom stereocenters. The fourth-order valence-electron chi connectivity index (χ4n) is 1.75. The molecule has 2 rings (SSSR count). The van der Waals surface area contributed by atoms with E-state index in [2.05, 4.69) is 30.7 Å². The van der Waals surface area contributed by atoms with Crippen LogP contribution in [0.15, 0.2) is 18.2 Å². The van der Waals surface area contributed by atoms with Crippen LogP contribution in [0.5, 0.6) is 0 Å². The van der Waals surface area contributed by atoms with E-state index in [-0.39, 0.29) is 10.8 Å². The van der Waals surface area contributed by atoms with Crippen LogP contribution >= 0.6 is 11.6 Å². The first kappa shape index (κ1) is 15.3. The van der Waals surface area contributed by atoms with Crippen molar-refractivity contribution in [2.75, 3.05) is 38.1 Å². The molecule has 18 heavy (non-hydrogen) atoms. The fourth-order valence-corrected chi connectivity index (χ4v) is 1.86. The Bertz CT molecular complexity index is 363. The summed E-state index contributed by atoms with van der Waals surface area (Å²) in [5.74, 6) is -0.340. The summed E-state index contributed by atoms with van der Waals surface area (Å²) in [5.41, 5.74) is 0.921. The first-order valence-corrected chi connectivity index (χ1v) is 6.84. The van der Waals surface area contributed by atoms with E-state index in [0.717, 1.165) is 31.9 Å². The molecule has 1 aliphatic heterocycles. The summed E-state index contributed by atoms with van der Waals surface area (Å²) in [4.78, 5) is 4.45. The number of benzene rings is 1. The van der Waals surface area contributed by atoms with Crippen LogP contribution in [-0.4, -0.2) is 38.1 Å². The smallest absolute Gasteiger partial charge is 0.143 e. The van der Waals surface area contributed by atoms with E-state index in [1.54, 1.807) is 6.07 Å². The van der Waals surface area contributed by atoms with Gasteiger partial charge in [-0.15, -0.1) is 0 Å². The van der Waals surface area contributed by atoms with Crippen molar-refractivity contribution in [2.24, 2.45) is 0 Å². The topological polar surface area (TPSA) is 6.48 Å². The van der Waals surface area contributed by atoms with Crippen molar-refractivity contribution in [3.63, 3.8) is 0 Å². The Kier molecular flexibility index (Phi) is 6.44. The second-order valence-electron chi connectivity index (χ2n) is 4.60. The lowest BCUT2D eigenvalue weighted by atomic mass is 10.2. The third kappa shape index (κ3) is 4.46. The van der Waals surface area contributed by atoms with Crippen molar-refractivity contribution in [3.05, 3.63) is 29.0 Å². The number of halogens is 2. The third-order valence-electron chi connectivity index (χ3n) is 2.77. The highest BCUT2D eigenvalue weighted by Gasteiger charge is 2.15. The molecule has 2 nitrogen and oxygen atoms in total. The van der Waals surface area contributed by atoms with Crippen LogP contribution in [0.4, 0.5) is 10.1 Å². The van der Waals surface area contributed by atoms with E-state index >= 15 is 0 Å². The van der Waals surface area contributed by atoms with Gasteiger partial charge in [-0.25, -0.2) is 4.39 Å². The van der Waals surface area contributed by atoms with Crippen LogP contribution < -0.4 is 4.90 Å². The Morgan fingerprint density at radius 2 is 1.72 bits per heavy atom. The summed E-state index contributed by atoms with van der Waals surface area (Å²) >= 11 is 5.64. The minimum Gasteiger partial charge on any atom is -0.369 e. The quantitative estimate of drug-likeness (QED) is 0.770. The molecule has 1 heterocycles. The van der Waals surface area contributed by atoms with Crippen LogP contribution in [0, 0.1) is 5.82 Å². The van der Waals surface area contributed by atoms with Crippen LogP contribution in [0.1, 0.15) is 20.3 Å². The third-order valence-corrected chi connectivity index (χ3v) is 3.08. The van der Waals surface area contributed by atoms with Crippen molar-refractivity contribution in [1.29, 1.82) is 0 Å². The Labute approximate surface area is 114 Å². The molecular weight excluding hydrogens is 251 g/mol. The monoisotopic (exact) mass is 272 g/mol. The lowest BCUT2D eigenvalue weighted by Gasteiger charge is -2.34. The Morgan fingerprint density at radius 1 is 1.17 bits per heavy atom. The molecule has 1 aromatic rings. The molecule has 1 fully saturated rings. The molecule has 1 saturated heterocycles. The second-order valence-corrected chi connectivity index (χ2v) is 5.00. The zero-order valence-corrected chi connectivity index (χ0v) is 12.2. The van der Waals surface area contributed by atoms with Crippen molar-refractivity contribution >= 4 is 17.3 Å². The zero-order valence-electron chi connectivity index (χ0n) is 11.4. The van der Waals surface area contributed by atoms with E-state index in [4.69, 9.17) is 11.6 Å². The van der Waals surface area contributed by atoms with Crippen molar-refractivity contribution < 1.29 is 4.39 Å². The number of anilines is 1. The van der Waals surface area contributed by atoms with Gasteiger partial charge >= 0.3 is 0 Å². The Balaban J connectivity index is 0.000000492. The number of rotatable bonds is 1. The predicted octanol–water partition coefficient (Wildman–Crippen LogP) is 3.65. The summed E-state index contributed by atoms with van der Waals surface area (Å²) in [6.45, 7) is 8.17. The SMILES string of the molecule is CCC.CN1CCN(c2ccc(Cl)c(F)c2)CC1. The standard InChI is InChI=1S/C11H14ClFN2.C3H8/c1-14-4-6-15(7-5-14)9-2-3-10(12)11(13)8-9;1-3-2/h2-3,8H,4-7H2,1H3;3H2,1-2H3. The molecule has 0 amide bonds. The Hall–Kier alpha value is -0.800. The number of hydrogen-bond acceptors (Lipinski definition) is 2. The molecule has 0 N–H and O–H groups in total. The van der Waals surface area contributed by atoms with Gasteiger partial charge in [0.1, 0.15) is 5.82 Å². The number of likely N-dealkylation sites (N-methyl/N-ethyl adjacent to an activating group) is 1. The lowest BCUT2D eigenvalue weighted by Crippen LogP contribution is -2.44. The van der Waals surface area contributed by atoms with Gasteiger partial charge in [0.2, 0.25) is 0 Å². The first-order valence-electron chi connectivity index (χ1n) is 6.47. The maximum Gasteiger partial charge on any atom is 0.143 e. The average molecular weight is 273 g/mol. The van der Waals surface area contributed by atoms with Gasteiger partial charge < -0.3 is 9.80 Å². The van der Waals surface area contributed by atoms with Crippen LogP contribution in [-0.2, 0) is 0 Å². The van der Waals surface area contributed by atoms with Crippen LogP contribution in [0.25, 0.3) is 0 Å². The van der Waals surface area contributed by atoms with E-state index in [1.807, 2.05) is 6.07 Å². The van der Waals surface area contributed by atoms with Crippen molar-refractivity contribution in [2.45, 2.75) is 20.3 Å². The van der Waals surface area contributed by atoms with Crippen LogP contribution in [0.2, 0.25) is 5.02 Å². The minimum atomic E-state index is -0.340. The van der Waals surface area contributed by atoms with Gasteiger partial charge in [-0.05, 0) is 25.2 Å². The highest BCUT2D eigenvalue weighted by molar-refractivity contribution is 6.30. The summed E-state index contributed by atoms with van der Waals surface area (Å²) in [7, 11) is 2.10. The predicted molar refractivity (Wildman–Crippen MR) is 77.1 cm³/mol. The minimum absolute atomic E-state index is 0.188. The molecule has 0 aromatic heterocycles. The normalized spacial score (nSPS) is 16.2. The maximum atomic E-state index is 13.2. The van der Waals surface area contributed by atoms with Gasteiger partial charge in [0.15, 0.2) is 0 Å². The zero-order chi connectivity index (χ0) is 13.5. The van der Waals surface area contributed by atoms with E-state index < -0.39 is 0 Å². The molecule has 0 atom stereocenters. The molecule has 0 spiro atoms. The van der Waals surface area contributed by atoms with Gasteiger partial charge in [-0.3, -0.25) is 0 Å². The Morgan fingerprint density at radius 3 is 2.22 bits per heavy atom. The van der Waals surface area contributed by atoms with E-state index in [1.165, 1.54) is 12.5 Å². The molecule has 102 valence electrons. The highest BCUT2D eigenvalue weighted by atomic mass is 35.5. The van der Waals surface area contributed by atoms with Crippen LogP contribution in [0.3, 0.4) is 0 Å². The molecule has 0 aliphatic carbocycles. The lowest BCUT2D eigenvalue weighted by molar-refractivity contribution is 0.313. The van der Waals surface area contributed by atoms with Crippen molar-refractivity contribution in [3.8, 4) is 0 Å². The summed E-state index contributed by atoms with van der Waals surface area (Å²) in [6, 6.07) is 4.99. The van der Waals surface area contributed by atoms with Gasteiger partial charge in [0.25, 0.3) is 0 Å². The number of piperazine rings is 1.